The van der Waals surface area contributed by atoms with Gasteiger partial charge in [0, 0.05) is 0 Å². The molecule has 2 aromatic rings. The van der Waals surface area contributed by atoms with Crippen LogP contribution in [0.5, 0.6) is 0 Å². The van der Waals surface area contributed by atoms with E-state index in [1.165, 1.54) is 5.56 Å². The number of benzene rings is 2. The van der Waals surface area contributed by atoms with E-state index >= 15 is 0 Å². The summed E-state index contributed by atoms with van der Waals surface area (Å²) in [5.74, 6) is -0.309. The Hall–Kier alpha value is -2.13. The number of carbonyl (C=O) groups excluding carboxylic acids is 1. The van der Waals surface area contributed by atoms with Gasteiger partial charge in [-0.25, -0.2) is 4.79 Å². The lowest BCUT2D eigenvalue weighted by atomic mass is 9.97. The van der Waals surface area contributed by atoms with Crippen LogP contribution in [0.25, 0.3) is 11.1 Å². The van der Waals surface area contributed by atoms with E-state index in [0.717, 1.165) is 24.0 Å². The Balaban J connectivity index is 2.24. The molecule has 0 aliphatic carbocycles. The zero-order valence-corrected chi connectivity index (χ0v) is 14.9. The maximum Gasteiger partial charge on any atom is 0.339 e. The molecule has 0 saturated heterocycles. The molecule has 0 aliphatic heterocycles. The average Bonchev–Trinajstić information content (AvgIpc) is 2.52. The first-order valence-corrected chi connectivity index (χ1v) is 8.36. The lowest BCUT2D eigenvalue weighted by Crippen LogP contribution is -2.24. The number of hydrogen-bond acceptors (Lipinski definition) is 3. The molecule has 3 heteroatoms. The number of aryl methyl sites for hydroxylation is 1. The fourth-order valence-electron chi connectivity index (χ4n) is 2.47. The van der Waals surface area contributed by atoms with E-state index < -0.39 is 5.60 Å². The van der Waals surface area contributed by atoms with Gasteiger partial charge in [0.1, 0.15) is 5.60 Å². The smallest absolute Gasteiger partial charge is 0.339 e. The van der Waals surface area contributed by atoms with Crippen molar-refractivity contribution in [3.05, 3.63) is 59.7 Å². The maximum absolute atomic E-state index is 12.4. The fourth-order valence-corrected chi connectivity index (χ4v) is 2.47. The molecule has 2 rings (SSSR count). The van der Waals surface area contributed by atoms with Crippen molar-refractivity contribution < 1.29 is 14.6 Å². The van der Waals surface area contributed by atoms with Crippen molar-refractivity contribution >= 4 is 5.97 Å². The molecule has 1 unspecified atom stereocenters. The van der Waals surface area contributed by atoms with Crippen LogP contribution in [0.3, 0.4) is 0 Å². The van der Waals surface area contributed by atoms with Gasteiger partial charge in [-0.1, -0.05) is 42.5 Å². The number of rotatable bonds is 5. The highest BCUT2D eigenvalue weighted by Crippen LogP contribution is 2.26. The van der Waals surface area contributed by atoms with Crippen molar-refractivity contribution in [2.75, 3.05) is 0 Å². The molecule has 0 saturated carbocycles. The second-order valence-corrected chi connectivity index (χ2v) is 7.13. The molecule has 128 valence electrons. The summed E-state index contributed by atoms with van der Waals surface area (Å²) in [5.41, 5.74) is 3.08. The monoisotopic (exact) mass is 326 g/mol. The molecule has 0 spiro atoms. The van der Waals surface area contributed by atoms with E-state index in [9.17, 15) is 9.90 Å². The van der Waals surface area contributed by atoms with E-state index in [1.807, 2.05) is 63.2 Å². The van der Waals surface area contributed by atoms with Gasteiger partial charge in [-0.05, 0) is 63.3 Å². The zero-order valence-electron chi connectivity index (χ0n) is 14.9. The summed E-state index contributed by atoms with van der Waals surface area (Å²) in [6, 6.07) is 15.6. The quantitative estimate of drug-likeness (QED) is 0.815. The number of aliphatic hydroxyl groups is 1. The molecule has 0 aliphatic rings. The Kier molecular flexibility index (Phi) is 5.79. The molecule has 2 aromatic carbocycles. The lowest BCUT2D eigenvalue weighted by molar-refractivity contribution is 0.00704. The normalized spacial score (nSPS) is 12.7. The van der Waals surface area contributed by atoms with Gasteiger partial charge in [-0.3, -0.25) is 0 Å². The lowest BCUT2D eigenvalue weighted by Gasteiger charge is -2.20. The van der Waals surface area contributed by atoms with Crippen LogP contribution in [0.15, 0.2) is 48.5 Å². The van der Waals surface area contributed by atoms with Crippen molar-refractivity contribution in [3.63, 3.8) is 0 Å². The standard InChI is InChI=1S/C21H26O3/c1-15(22)9-10-16-11-13-17(14-12-16)18-7-5-6-8-19(18)20(23)24-21(2,3)4/h5-8,11-15,22H,9-10H2,1-4H3. The highest BCUT2D eigenvalue weighted by atomic mass is 16.6. The summed E-state index contributed by atoms with van der Waals surface area (Å²) in [6.07, 6.45) is 1.29. The van der Waals surface area contributed by atoms with E-state index in [-0.39, 0.29) is 12.1 Å². The SMILES string of the molecule is CC(O)CCc1ccc(-c2ccccc2C(=O)OC(C)(C)C)cc1. The number of ether oxygens (including phenoxy) is 1. The van der Waals surface area contributed by atoms with Crippen LogP contribution in [0.4, 0.5) is 0 Å². The molecule has 0 radical (unpaired) electrons. The van der Waals surface area contributed by atoms with Gasteiger partial charge in [0.25, 0.3) is 0 Å². The van der Waals surface area contributed by atoms with E-state index in [2.05, 4.69) is 0 Å². The number of aliphatic hydroxyl groups excluding tert-OH is 1. The Labute approximate surface area is 144 Å². The van der Waals surface area contributed by atoms with Crippen molar-refractivity contribution in [2.24, 2.45) is 0 Å². The Morgan fingerprint density at radius 2 is 1.71 bits per heavy atom. The molecule has 0 bridgehead atoms. The van der Waals surface area contributed by atoms with Crippen LogP contribution < -0.4 is 0 Å². The number of carbonyl (C=O) groups is 1. The van der Waals surface area contributed by atoms with E-state index in [0.29, 0.717) is 5.56 Å². The van der Waals surface area contributed by atoms with Crippen LogP contribution in [-0.2, 0) is 11.2 Å². The first-order valence-electron chi connectivity index (χ1n) is 8.36. The van der Waals surface area contributed by atoms with Gasteiger partial charge in [-0.15, -0.1) is 0 Å². The van der Waals surface area contributed by atoms with Gasteiger partial charge in [-0.2, -0.15) is 0 Å². The summed E-state index contributed by atoms with van der Waals surface area (Å²) < 4.78 is 5.51. The first-order chi connectivity index (χ1) is 11.3. The van der Waals surface area contributed by atoms with E-state index in [4.69, 9.17) is 4.74 Å². The van der Waals surface area contributed by atoms with Gasteiger partial charge in [0.05, 0.1) is 11.7 Å². The van der Waals surface area contributed by atoms with Gasteiger partial charge in [0.15, 0.2) is 0 Å². The number of esters is 1. The van der Waals surface area contributed by atoms with Gasteiger partial charge in [0.2, 0.25) is 0 Å². The molecule has 0 amide bonds. The van der Waals surface area contributed by atoms with Gasteiger partial charge < -0.3 is 9.84 Å². The minimum atomic E-state index is -0.519. The first kappa shape index (κ1) is 18.2. The molecule has 0 heterocycles. The fraction of sp³-hybridized carbons (Fsp3) is 0.381. The molecule has 24 heavy (non-hydrogen) atoms. The minimum Gasteiger partial charge on any atom is -0.456 e. The third kappa shape index (κ3) is 5.20. The predicted molar refractivity (Wildman–Crippen MR) is 97.0 cm³/mol. The molecule has 0 aromatic heterocycles. The van der Waals surface area contributed by atoms with Crippen LogP contribution in [0.2, 0.25) is 0 Å². The molecular formula is C21H26O3. The van der Waals surface area contributed by atoms with Crippen LogP contribution in [-0.4, -0.2) is 22.8 Å². The largest absolute Gasteiger partial charge is 0.456 e. The summed E-state index contributed by atoms with van der Waals surface area (Å²) >= 11 is 0. The van der Waals surface area contributed by atoms with E-state index in [1.54, 1.807) is 13.0 Å². The van der Waals surface area contributed by atoms with Gasteiger partial charge >= 0.3 is 5.97 Å². The van der Waals surface area contributed by atoms with Crippen molar-refractivity contribution in [1.29, 1.82) is 0 Å². The Morgan fingerprint density at radius 1 is 1.08 bits per heavy atom. The second-order valence-electron chi connectivity index (χ2n) is 7.13. The Morgan fingerprint density at radius 3 is 2.29 bits per heavy atom. The van der Waals surface area contributed by atoms with Crippen LogP contribution >= 0.6 is 0 Å². The third-order valence-electron chi connectivity index (χ3n) is 3.66. The molecule has 3 nitrogen and oxygen atoms in total. The molecule has 1 atom stereocenters. The predicted octanol–water partition coefficient (Wildman–Crippen LogP) is 4.62. The molecular weight excluding hydrogens is 300 g/mol. The topological polar surface area (TPSA) is 46.5 Å². The third-order valence-corrected chi connectivity index (χ3v) is 3.66. The van der Waals surface area contributed by atoms with Crippen molar-refractivity contribution in [3.8, 4) is 11.1 Å². The molecule has 1 N–H and O–H groups in total. The van der Waals surface area contributed by atoms with Crippen molar-refractivity contribution in [2.45, 2.75) is 52.2 Å². The Bertz CT molecular complexity index is 679. The summed E-state index contributed by atoms with van der Waals surface area (Å²) in [7, 11) is 0. The summed E-state index contributed by atoms with van der Waals surface area (Å²) in [4.78, 5) is 12.4. The summed E-state index contributed by atoms with van der Waals surface area (Å²) in [5, 5.41) is 9.39. The average molecular weight is 326 g/mol. The van der Waals surface area contributed by atoms with Crippen LogP contribution in [0.1, 0.15) is 50.0 Å². The zero-order chi connectivity index (χ0) is 17.7. The maximum atomic E-state index is 12.4. The number of hydrogen-bond donors (Lipinski definition) is 1. The van der Waals surface area contributed by atoms with Crippen molar-refractivity contribution in [1.82, 2.24) is 0 Å². The highest BCUT2D eigenvalue weighted by Gasteiger charge is 2.20. The highest BCUT2D eigenvalue weighted by molar-refractivity contribution is 5.97. The van der Waals surface area contributed by atoms with Crippen LogP contribution in [0, 0.1) is 0 Å². The minimum absolute atomic E-state index is 0.294. The summed E-state index contributed by atoms with van der Waals surface area (Å²) in [6.45, 7) is 7.39. The molecule has 0 fully saturated rings. The second kappa shape index (κ2) is 7.63.